The Bertz CT molecular complexity index is 525. The van der Waals surface area contributed by atoms with Crippen LogP contribution in [0.25, 0.3) is 11.4 Å². The third-order valence-corrected chi connectivity index (χ3v) is 2.30. The van der Waals surface area contributed by atoms with E-state index in [1.165, 1.54) is 0 Å². The van der Waals surface area contributed by atoms with Crippen molar-refractivity contribution in [3.05, 3.63) is 16.8 Å². The lowest BCUT2D eigenvalue weighted by atomic mass is 10.2. The molecule has 1 N–H and O–H groups in total. The molecule has 1 aromatic rings. The van der Waals surface area contributed by atoms with Crippen LogP contribution in [0.2, 0.25) is 0 Å². The SMILES string of the molecule is O=CC1=c2[nH]ncc2=C2CN1C=N2. The van der Waals surface area contributed by atoms with Crippen molar-refractivity contribution in [2.24, 2.45) is 4.99 Å². The van der Waals surface area contributed by atoms with Crippen molar-refractivity contribution >= 4 is 24.0 Å². The highest BCUT2D eigenvalue weighted by Gasteiger charge is 2.21. The van der Waals surface area contributed by atoms with Gasteiger partial charge in [0, 0.05) is 5.22 Å². The van der Waals surface area contributed by atoms with Gasteiger partial charge in [-0.15, -0.1) is 0 Å². The molecule has 0 saturated carbocycles. The van der Waals surface area contributed by atoms with Crippen molar-refractivity contribution in [3.8, 4) is 0 Å². The van der Waals surface area contributed by atoms with Gasteiger partial charge in [-0.1, -0.05) is 0 Å². The van der Waals surface area contributed by atoms with Gasteiger partial charge in [0.1, 0.15) is 5.70 Å². The molecule has 0 aromatic carbocycles. The van der Waals surface area contributed by atoms with E-state index < -0.39 is 0 Å². The van der Waals surface area contributed by atoms with E-state index in [4.69, 9.17) is 0 Å². The Morgan fingerprint density at radius 2 is 2.54 bits per heavy atom. The first-order valence-corrected chi connectivity index (χ1v) is 3.93. The van der Waals surface area contributed by atoms with Crippen molar-refractivity contribution in [1.29, 1.82) is 0 Å². The number of fused-ring (bicyclic) bond motifs is 3. The van der Waals surface area contributed by atoms with Crippen LogP contribution >= 0.6 is 0 Å². The molecule has 13 heavy (non-hydrogen) atoms. The average Bonchev–Trinajstić information content (AvgIpc) is 2.74. The highest BCUT2D eigenvalue weighted by Crippen LogP contribution is 2.13. The maximum absolute atomic E-state index is 10.8. The van der Waals surface area contributed by atoms with Gasteiger partial charge in [0.25, 0.3) is 0 Å². The molecule has 64 valence electrons. The summed E-state index contributed by atoms with van der Waals surface area (Å²) in [6.07, 6.45) is 4.20. The lowest BCUT2D eigenvalue weighted by Crippen LogP contribution is -2.38. The summed E-state index contributed by atoms with van der Waals surface area (Å²) in [6.45, 7) is 0.681. The molecule has 2 bridgehead atoms. The maximum Gasteiger partial charge on any atom is 0.168 e. The Morgan fingerprint density at radius 3 is 3.38 bits per heavy atom. The number of nitrogens with zero attached hydrogens (tertiary/aromatic N) is 3. The molecule has 0 fully saturated rings. The number of nitrogens with one attached hydrogen (secondary N) is 1. The first kappa shape index (κ1) is 6.59. The number of rotatable bonds is 1. The van der Waals surface area contributed by atoms with Gasteiger partial charge in [0.2, 0.25) is 0 Å². The number of aromatic amines is 1. The minimum absolute atomic E-state index is 0.609. The van der Waals surface area contributed by atoms with Crippen LogP contribution in [-0.4, -0.2) is 34.3 Å². The van der Waals surface area contributed by atoms with Crippen LogP contribution in [0.4, 0.5) is 0 Å². The normalized spacial score (nSPS) is 18.0. The molecule has 2 aliphatic heterocycles. The molecule has 0 amide bonds. The fraction of sp³-hybridized carbons (Fsp3) is 0.125. The van der Waals surface area contributed by atoms with Gasteiger partial charge in [0.15, 0.2) is 6.29 Å². The van der Waals surface area contributed by atoms with E-state index in [1.807, 2.05) is 4.90 Å². The highest BCUT2D eigenvalue weighted by atomic mass is 16.1. The largest absolute Gasteiger partial charge is 0.322 e. The van der Waals surface area contributed by atoms with Crippen molar-refractivity contribution in [3.63, 3.8) is 0 Å². The summed E-state index contributed by atoms with van der Waals surface area (Å²) in [5.74, 6) is 0. The molecule has 3 heterocycles. The van der Waals surface area contributed by atoms with Gasteiger partial charge in [-0.25, -0.2) is 4.99 Å². The minimum Gasteiger partial charge on any atom is -0.322 e. The van der Waals surface area contributed by atoms with E-state index in [9.17, 15) is 4.79 Å². The van der Waals surface area contributed by atoms with Crippen molar-refractivity contribution in [2.75, 3.05) is 6.54 Å². The van der Waals surface area contributed by atoms with E-state index in [0.29, 0.717) is 12.2 Å². The molecular formula is C8H6N4O. The number of aromatic nitrogens is 2. The van der Waals surface area contributed by atoms with Gasteiger partial charge >= 0.3 is 0 Å². The minimum atomic E-state index is 0.609. The number of hydrogen-bond donors (Lipinski definition) is 1. The third kappa shape index (κ3) is 0.683. The molecular weight excluding hydrogens is 168 g/mol. The van der Waals surface area contributed by atoms with Crippen molar-refractivity contribution < 1.29 is 4.79 Å². The predicted molar refractivity (Wildman–Crippen MR) is 45.9 cm³/mol. The average molecular weight is 174 g/mol. The Labute approximate surface area is 73.1 Å². The molecule has 0 saturated heterocycles. The van der Waals surface area contributed by atoms with Gasteiger partial charge in [-0.05, 0) is 0 Å². The zero-order chi connectivity index (χ0) is 8.84. The fourth-order valence-electron chi connectivity index (χ4n) is 1.65. The number of carbonyl (C=O) groups excluding carboxylic acids is 1. The summed E-state index contributed by atoms with van der Waals surface area (Å²) in [7, 11) is 0. The van der Waals surface area contributed by atoms with Crippen molar-refractivity contribution in [2.45, 2.75) is 0 Å². The van der Waals surface area contributed by atoms with Gasteiger partial charge < -0.3 is 4.90 Å². The summed E-state index contributed by atoms with van der Waals surface area (Å²) < 4.78 is 0. The van der Waals surface area contributed by atoms with Crippen LogP contribution in [-0.2, 0) is 4.79 Å². The molecule has 5 nitrogen and oxygen atoms in total. The highest BCUT2D eigenvalue weighted by molar-refractivity contribution is 6.03. The van der Waals surface area contributed by atoms with Crippen LogP contribution in [0.5, 0.6) is 0 Å². The van der Waals surface area contributed by atoms with E-state index in [1.54, 1.807) is 12.5 Å². The van der Waals surface area contributed by atoms with Crippen LogP contribution in [0.3, 0.4) is 0 Å². The second-order valence-corrected chi connectivity index (χ2v) is 2.98. The smallest absolute Gasteiger partial charge is 0.168 e. The molecule has 0 atom stereocenters. The third-order valence-electron chi connectivity index (χ3n) is 2.30. The molecule has 0 radical (unpaired) electrons. The van der Waals surface area contributed by atoms with E-state index in [0.717, 1.165) is 22.6 Å². The predicted octanol–water partition coefficient (Wildman–Crippen LogP) is -1.82. The molecule has 0 aliphatic carbocycles. The standard InChI is InChI=1S/C8H6N4O/c13-3-7-8-5(1-10-11-8)6-2-12(7)4-9-6/h1,3-4,11H,2H2. The Hall–Kier alpha value is -1.91. The van der Waals surface area contributed by atoms with Crippen LogP contribution in [0, 0.1) is 0 Å². The molecule has 0 spiro atoms. The second kappa shape index (κ2) is 2.07. The number of hydrogen-bond acceptors (Lipinski definition) is 4. The summed E-state index contributed by atoms with van der Waals surface area (Å²) in [5.41, 5.74) is 1.58. The molecule has 2 aliphatic rings. The van der Waals surface area contributed by atoms with Crippen LogP contribution < -0.4 is 10.6 Å². The molecule has 1 aromatic heterocycles. The Kier molecular flexibility index (Phi) is 1.05. The lowest BCUT2D eigenvalue weighted by Gasteiger charge is -2.14. The topological polar surface area (TPSA) is 61.4 Å². The Morgan fingerprint density at radius 1 is 1.62 bits per heavy atom. The first-order valence-electron chi connectivity index (χ1n) is 3.93. The summed E-state index contributed by atoms with van der Waals surface area (Å²) in [4.78, 5) is 16.8. The number of aliphatic imine (C=N–C) groups is 1. The Balaban J connectivity index is 2.57. The molecule has 3 rings (SSSR count). The number of aldehydes is 1. The fourth-order valence-corrected chi connectivity index (χ4v) is 1.65. The molecule has 5 heteroatoms. The maximum atomic E-state index is 10.8. The zero-order valence-corrected chi connectivity index (χ0v) is 6.69. The first-order chi connectivity index (χ1) is 6.40. The van der Waals surface area contributed by atoms with Crippen molar-refractivity contribution in [1.82, 2.24) is 15.1 Å². The molecule has 0 unspecified atom stereocenters. The summed E-state index contributed by atoms with van der Waals surface area (Å²) in [6, 6.07) is 0. The van der Waals surface area contributed by atoms with Gasteiger partial charge in [-0.3, -0.25) is 9.89 Å². The van der Waals surface area contributed by atoms with E-state index in [2.05, 4.69) is 15.2 Å². The van der Waals surface area contributed by atoms with E-state index in [-0.39, 0.29) is 0 Å². The zero-order valence-electron chi connectivity index (χ0n) is 6.69. The number of H-pyrrole nitrogens is 1. The quantitative estimate of drug-likeness (QED) is 0.510. The summed E-state index contributed by atoms with van der Waals surface area (Å²) >= 11 is 0. The van der Waals surface area contributed by atoms with Gasteiger partial charge in [0.05, 0.1) is 30.1 Å². The number of carbonyl (C=O) groups is 1. The van der Waals surface area contributed by atoms with Gasteiger partial charge in [-0.2, -0.15) is 5.10 Å². The van der Waals surface area contributed by atoms with Crippen LogP contribution in [0.1, 0.15) is 0 Å². The monoisotopic (exact) mass is 174 g/mol. The summed E-state index contributed by atoms with van der Waals surface area (Å²) in [5, 5.41) is 8.40. The van der Waals surface area contributed by atoms with E-state index >= 15 is 0 Å². The van der Waals surface area contributed by atoms with Crippen LogP contribution in [0.15, 0.2) is 11.2 Å². The lowest BCUT2D eigenvalue weighted by molar-refractivity contribution is -0.104. The second-order valence-electron chi connectivity index (χ2n) is 2.98.